The van der Waals surface area contributed by atoms with E-state index in [2.05, 4.69) is 10.2 Å². The number of piperidine rings is 1. The van der Waals surface area contributed by atoms with Crippen molar-refractivity contribution in [3.63, 3.8) is 0 Å². The Bertz CT molecular complexity index is 733. The number of hydrogen-bond acceptors (Lipinski definition) is 8. The number of carbonyl (C=O) groups is 2. The van der Waals surface area contributed by atoms with Crippen LogP contribution < -0.4 is 15.8 Å². The molecule has 1 aliphatic rings. The van der Waals surface area contributed by atoms with E-state index in [0.29, 0.717) is 43.1 Å². The molecular formula is C20H30ClN3O6. The predicted octanol–water partition coefficient (Wildman–Crippen LogP) is 1.33. The van der Waals surface area contributed by atoms with Gasteiger partial charge >= 0.3 is 5.97 Å². The minimum absolute atomic E-state index is 0.187. The summed E-state index contributed by atoms with van der Waals surface area (Å²) in [6, 6.07) is 2.84. The summed E-state index contributed by atoms with van der Waals surface area (Å²) >= 11 is 6.07. The monoisotopic (exact) mass is 443 g/mol. The van der Waals surface area contributed by atoms with E-state index >= 15 is 0 Å². The van der Waals surface area contributed by atoms with E-state index in [9.17, 15) is 9.59 Å². The van der Waals surface area contributed by atoms with Gasteiger partial charge in [-0.15, -0.1) is 0 Å². The third kappa shape index (κ3) is 6.73. The van der Waals surface area contributed by atoms with Gasteiger partial charge in [0.2, 0.25) is 0 Å². The minimum atomic E-state index is -0.309. The zero-order valence-electron chi connectivity index (χ0n) is 17.6. The van der Waals surface area contributed by atoms with Crippen LogP contribution in [0.15, 0.2) is 12.1 Å². The second-order valence-electron chi connectivity index (χ2n) is 6.98. The minimum Gasteiger partial charge on any atom is -0.496 e. The fourth-order valence-corrected chi connectivity index (χ4v) is 3.47. The first-order valence-corrected chi connectivity index (χ1v) is 10.1. The van der Waals surface area contributed by atoms with Crippen LogP contribution in [0.1, 0.15) is 23.2 Å². The second-order valence-corrected chi connectivity index (χ2v) is 7.39. The molecule has 2 rings (SSSR count). The van der Waals surface area contributed by atoms with Crippen molar-refractivity contribution in [1.29, 1.82) is 0 Å². The number of nitrogens with two attached hydrogens (primary N) is 1. The fourth-order valence-electron chi connectivity index (χ4n) is 3.31. The number of benzene rings is 1. The Balaban J connectivity index is 1.91. The Labute approximate surface area is 181 Å². The number of nitrogens with zero attached hydrogens (tertiary/aromatic N) is 1. The van der Waals surface area contributed by atoms with Crippen LogP contribution in [0, 0.1) is 0 Å². The van der Waals surface area contributed by atoms with E-state index in [1.165, 1.54) is 19.2 Å². The Morgan fingerprint density at radius 3 is 2.70 bits per heavy atom. The van der Waals surface area contributed by atoms with Gasteiger partial charge in [0.15, 0.2) is 0 Å². The number of hydrogen-bond donors (Lipinski definition) is 2. The molecular weight excluding hydrogens is 414 g/mol. The number of rotatable bonds is 10. The second kappa shape index (κ2) is 11.9. The lowest BCUT2D eigenvalue weighted by molar-refractivity contribution is -0.145. The topological polar surface area (TPSA) is 112 Å². The molecule has 1 fully saturated rings. The maximum Gasteiger partial charge on any atom is 0.307 e. The van der Waals surface area contributed by atoms with Crippen molar-refractivity contribution in [3.8, 4) is 5.75 Å². The molecule has 1 amide bonds. The van der Waals surface area contributed by atoms with Gasteiger partial charge in [0.25, 0.3) is 5.91 Å². The van der Waals surface area contributed by atoms with Crippen molar-refractivity contribution in [2.75, 3.05) is 59.9 Å². The van der Waals surface area contributed by atoms with Crippen molar-refractivity contribution >= 4 is 29.2 Å². The molecule has 1 aliphatic heterocycles. The van der Waals surface area contributed by atoms with Gasteiger partial charge in [-0.2, -0.15) is 0 Å². The average Bonchev–Trinajstić information content (AvgIpc) is 2.74. The van der Waals surface area contributed by atoms with E-state index in [-0.39, 0.29) is 42.1 Å². The van der Waals surface area contributed by atoms with Gasteiger partial charge < -0.3 is 34.9 Å². The Hall–Kier alpha value is -2.07. The highest BCUT2D eigenvalue weighted by Crippen LogP contribution is 2.29. The van der Waals surface area contributed by atoms with Crippen molar-refractivity contribution in [1.82, 2.24) is 10.2 Å². The van der Waals surface area contributed by atoms with Crippen molar-refractivity contribution in [3.05, 3.63) is 22.7 Å². The first kappa shape index (κ1) is 24.2. The van der Waals surface area contributed by atoms with Crippen LogP contribution in [-0.4, -0.2) is 83.1 Å². The molecule has 3 N–H and O–H groups in total. The Kier molecular flexibility index (Phi) is 9.64. The van der Waals surface area contributed by atoms with Gasteiger partial charge in [0.1, 0.15) is 12.4 Å². The molecule has 0 aromatic heterocycles. The molecule has 0 aliphatic carbocycles. The average molecular weight is 444 g/mol. The van der Waals surface area contributed by atoms with E-state index < -0.39 is 0 Å². The van der Waals surface area contributed by atoms with E-state index in [1.807, 2.05) is 0 Å². The van der Waals surface area contributed by atoms with Crippen LogP contribution in [0.4, 0.5) is 5.69 Å². The molecule has 9 nitrogen and oxygen atoms in total. The quantitative estimate of drug-likeness (QED) is 0.316. The highest BCUT2D eigenvalue weighted by atomic mass is 35.5. The molecule has 2 unspecified atom stereocenters. The summed E-state index contributed by atoms with van der Waals surface area (Å²) in [6.45, 7) is 2.51. The summed E-state index contributed by atoms with van der Waals surface area (Å²) in [5.41, 5.74) is 6.44. The van der Waals surface area contributed by atoms with Crippen LogP contribution in [0.2, 0.25) is 5.02 Å². The first-order valence-electron chi connectivity index (χ1n) is 9.73. The van der Waals surface area contributed by atoms with E-state index in [1.54, 1.807) is 14.2 Å². The summed E-state index contributed by atoms with van der Waals surface area (Å²) in [4.78, 5) is 26.7. The lowest BCUT2D eigenvalue weighted by atomic mass is 10.0. The van der Waals surface area contributed by atoms with Crippen molar-refractivity contribution in [2.45, 2.75) is 25.0 Å². The molecule has 1 aromatic carbocycles. The van der Waals surface area contributed by atoms with E-state index in [0.717, 1.165) is 6.54 Å². The number of esters is 1. The number of anilines is 1. The number of methoxy groups -OCH3 is 3. The third-order valence-electron chi connectivity index (χ3n) is 5.01. The van der Waals surface area contributed by atoms with Crippen LogP contribution in [0.5, 0.6) is 5.75 Å². The van der Waals surface area contributed by atoms with Crippen LogP contribution in [0.25, 0.3) is 0 Å². The van der Waals surface area contributed by atoms with Crippen LogP contribution in [0.3, 0.4) is 0 Å². The molecule has 0 bridgehead atoms. The van der Waals surface area contributed by atoms with Crippen molar-refractivity contribution < 1.29 is 28.5 Å². The summed E-state index contributed by atoms with van der Waals surface area (Å²) in [5.74, 6) is -0.215. The van der Waals surface area contributed by atoms with Crippen molar-refractivity contribution in [2.24, 2.45) is 0 Å². The van der Waals surface area contributed by atoms with Gasteiger partial charge in [-0.25, -0.2) is 0 Å². The third-order valence-corrected chi connectivity index (χ3v) is 5.34. The molecule has 1 saturated heterocycles. The molecule has 30 heavy (non-hydrogen) atoms. The SMILES string of the molecule is COCCOC(=O)CCN1CCC(NC(=O)c2cc(Cl)c(N)cc2OC)C(OC)C1. The number of likely N-dealkylation sites (tertiary alicyclic amines) is 1. The van der Waals surface area contributed by atoms with Gasteiger partial charge in [0, 0.05) is 39.9 Å². The molecule has 0 saturated carbocycles. The normalized spacial score (nSPS) is 19.3. The number of halogens is 1. The lowest BCUT2D eigenvalue weighted by Gasteiger charge is -2.38. The van der Waals surface area contributed by atoms with E-state index in [4.69, 9.17) is 36.3 Å². The standard InChI is InChI=1S/C20H30ClN3O6/c1-27-8-9-30-19(25)5-7-24-6-4-16(18(12-24)29-3)23-20(26)13-10-14(21)15(22)11-17(13)28-2/h10-11,16,18H,4-9,12,22H2,1-3H3,(H,23,26). The maximum atomic E-state index is 12.8. The summed E-state index contributed by atoms with van der Waals surface area (Å²) in [7, 11) is 4.63. The number of nitrogen functional groups attached to an aromatic ring is 1. The summed E-state index contributed by atoms with van der Waals surface area (Å²) < 4.78 is 20.8. The zero-order valence-corrected chi connectivity index (χ0v) is 18.4. The molecule has 1 aromatic rings. The largest absolute Gasteiger partial charge is 0.496 e. The lowest BCUT2D eigenvalue weighted by Crippen LogP contribution is -2.55. The van der Waals surface area contributed by atoms with Gasteiger partial charge in [-0.3, -0.25) is 9.59 Å². The summed E-state index contributed by atoms with van der Waals surface area (Å²) in [6.07, 6.45) is 0.745. The maximum absolute atomic E-state index is 12.8. The fraction of sp³-hybridized carbons (Fsp3) is 0.600. The first-order chi connectivity index (χ1) is 14.4. The zero-order chi connectivity index (χ0) is 22.1. The predicted molar refractivity (Wildman–Crippen MR) is 113 cm³/mol. The molecule has 168 valence electrons. The molecule has 1 heterocycles. The van der Waals surface area contributed by atoms with Gasteiger partial charge in [-0.1, -0.05) is 11.6 Å². The highest BCUT2D eigenvalue weighted by Gasteiger charge is 2.31. The molecule has 10 heteroatoms. The number of nitrogens with one attached hydrogen (secondary N) is 1. The Morgan fingerprint density at radius 2 is 2.03 bits per heavy atom. The molecule has 0 radical (unpaired) electrons. The van der Waals surface area contributed by atoms with Gasteiger partial charge in [0.05, 0.1) is 48.6 Å². The van der Waals surface area contributed by atoms with Crippen LogP contribution in [-0.2, 0) is 19.0 Å². The highest BCUT2D eigenvalue weighted by molar-refractivity contribution is 6.33. The molecule has 0 spiro atoms. The number of ether oxygens (including phenoxy) is 4. The molecule has 2 atom stereocenters. The Morgan fingerprint density at radius 1 is 1.27 bits per heavy atom. The number of amides is 1. The number of carbonyl (C=O) groups excluding carboxylic acids is 2. The summed E-state index contributed by atoms with van der Waals surface area (Å²) in [5, 5.41) is 3.29. The smallest absolute Gasteiger partial charge is 0.307 e. The van der Waals surface area contributed by atoms with Gasteiger partial charge in [-0.05, 0) is 12.5 Å². The van der Waals surface area contributed by atoms with Crippen LogP contribution >= 0.6 is 11.6 Å².